The number of fused-ring (bicyclic) bond motifs is 1. The summed E-state index contributed by atoms with van der Waals surface area (Å²) in [7, 11) is 0. The first-order chi connectivity index (χ1) is 10.8. The maximum absolute atomic E-state index is 12.9. The quantitative estimate of drug-likeness (QED) is 0.782. The molecule has 2 heterocycles. The van der Waals surface area contributed by atoms with Gasteiger partial charge in [0.2, 0.25) is 0 Å². The van der Waals surface area contributed by atoms with Crippen molar-refractivity contribution in [2.75, 3.05) is 39.4 Å². The van der Waals surface area contributed by atoms with Crippen LogP contribution >= 0.6 is 11.6 Å². The van der Waals surface area contributed by atoms with E-state index in [1.807, 2.05) is 0 Å². The molecule has 0 aliphatic carbocycles. The second-order valence-electron chi connectivity index (χ2n) is 5.74. The molecule has 2 fully saturated rings. The lowest BCUT2D eigenvalue weighted by molar-refractivity contribution is -0.137. The van der Waals surface area contributed by atoms with Crippen LogP contribution in [0.25, 0.3) is 0 Å². The first-order valence-corrected chi connectivity index (χ1v) is 7.71. The van der Waals surface area contributed by atoms with Crippen LogP contribution in [0.1, 0.15) is 15.9 Å². The first kappa shape index (κ1) is 16.5. The van der Waals surface area contributed by atoms with Gasteiger partial charge in [-0.25, -0.2) is 0 Å². The lowest BCUT2D eigenvalue weighted by Gasteiger charge is -2.43. The van der Waals surface area contributed by atoms with Crippen LogP contribution in [0.15, 0.2) is 18.2 Å². The van der Waals surface area contributed by atoms with E-state index in [1.54, 1.807) is 4.90 Å². The molecule has 126 valence electrons. The van der Waals surface area contributed by atoms with E-state index in [-0.39, 0.29) is 16.6 Å². The molecule has 0 radical (unpaired) electrons. The van der Waals surface area contributed by atoms with Crippen molar-refractivity contribution in [2.45, 2.75) is 12.2 Å². The second-order valence-corrected chi connectivity index (χ2v) is 6.18. The summed E-state index contributed by atoms with van der Waals surface area (Å²) >= 11 is 5.75. The number of hydrogen-bond donors (Lipinski definition) is 0. The van der Waals surface area contributed by atoms with E-state index < -0.39 is 17.6 Å². The van der Waals surface area contributed by atoms with Gasteiger partial charge < -0.3 is 9.64 Å². The summed E-state index contributed by atoms with van der Waals surface area (Å²) in [5, 5.41) is -0.0946. The summed E-state index contributed by atoms with van der Waals surface area (Å²) in [5.41, 5.74) is -0.942. The Morgan fingerprint density at radius 3 is 2.74 bits per heavy atom. The highest BCUT2D eigenvalue weighted by molar-refractivity contribution is 6.31. The average Bonchev–Trinajstić information content (AvgIpc) is 2.52. The highest BCUT2D eigenvalue weighted by atomic mass is 35.5. The zero-order chi connectivity index (χ0) is 16.6. The molecule has 0 aromatic heterocycles. The minimum absolute atomic E-state index is 0.0324. The van der Waals surface area contributed by atoms with Crippen molar-refractivity contribution in [1.29, 1.82) is 0 Å². The van der Waals surface area contributed by atoms with Crippen LogP contribution in [0.5, 0.6) is 0 Å². The number of carbonyl (C=O) groups is 1. The summed E-state index contributed by atoms with van der Waals surface area (Å²) in [5.74, 6) is -0.428. The van der Waals surface area contributed by atoms with E-state index in [0.717, 1.165) is 18.7 Å². The van der Waals surface area contributed by atoms with E-state index in [9.17, 15) is 18.0 Å². The van der Waals surface area contributed by atoms with Crippen LogP contribution in [0, 0.1) is 0 Å². The van der Waals surface area contributed by atoms with Gasteiger partial charge in [-0.15, -0.1) is 0 Å². The molecule has 1 aromatic rings. The third kappa shape index (κ3) is 3.62. The lowest BCUT2D eigenvalue weighted by atomic mass is 10.1. The Morgan fingerprint density at radius 1 is 1.22 bits per heavy atom. The van der Waals surface area contributed by atoms with Crippen LogP contribution in [0.3, 0.4) is 0 Å². The molecule has 2 aliphatic heterocycles. The van der Waals surface area contributed by atoms with Crippen LogP contribution in [0.4, 0.5) is 13.2 Å². The van der Waals surface area contributed by atoms with E-state index in [4.69, 9.17) is 16.3 Å². The van der Waals surface area contributed by atoms with Crippen LogP contribution in [-0.2, 0) is 10.9 Å². The number of halogens is 4. The van der Waals surface area contributed by atoms with Gasteiger partial charge in [-0.2, -0.15) is 13.2 Å². The number of amides is 1. The van der Waals surface area contributed by atoms with Crippen LogP contribution in [-0.4, -0.2) is 61.1 Å². The van der Waals surface area contributed by atoms with Gasteiger partial charge in [-0.05, 0) is 18.2 Å². The molecular weight excluding hydrogens is 333 g/mol. The van der Waals surface area contributed by atoms with Crippen molar-refractivity contribution in [1.82, 2.24) is 9.80 Å². The monoisotopic (exact) mass is 348 g/mol. The Bertz CT molecular complexity index is 609. The average molecular weight is 349 g/mol. The van der Waals surface area contributed by atoms with E-state index in [1.165, 1.54) is 6.07 Å². The van der Waals surface area contributed by atoms with Crippen molar-refractivity contribution in [3.63, 3.8) is 0 Å². The molecule has 4 nitrogen and oxygen atoms in total. The molecule has 0 N–H and O–H groups in total. The standard InChI is InChI=1S/C15H16ClF3N2O2/c16-12-6-10(5-11(7-12)15(17,18)19)14(22)21-2-1-20-3-4-23-9-13(20)8-21/h5-7,13H,1-4,8-9H2/t13-/m0/s1. The van der Waals surface area contributed by atoms with Crippen molar-refractivity contribution < 1.29 is 22.7 Å². The lowest BCUT2D eigenvalue weighted by Crippen LogP contribution is -2.59. The number of alkyl halides is 3. The van der Waals surface area contributed by atoms with Crippen molar-refractivity contribution in [3.8, 4) is 0 Å². The molecule has 0 spiro atoms. The van der Waals surface area contributed by atoms with Gasteiger partial charge in [0.1, 0.15) is 0 Å². The minimum Gasteiger partial charge on any atom is -0.378 e. The molecule has 8 heteroatoms. The molecule has 23 heavy (non-hydrogen) atoms. The topological polar surface area (TPSA) is 32.8 Å². The molecule has 2 aliphatic rings. The summed E-state index contributed by atoms with van der Waals surface area (Å²) in [4.78, 5) is 16.4. The minimum atomic E-state index is -4.53. The Hall–Kier alpha value is -1.31. The summed E-state index contributed by atoms with van der Waals surface area (Å²) < 4.78 is 44.0. The fraction of sp³-hybridized carbons (Fsp3) is 0.533. The third-order valence-corrected chi connectivity index (χ3v) is 4.42. The third-order valence-electron chi connectivity index (χ3n) is 4.20. The molecule has 2 saturated heterocycles. The normalized spacial score (nSPS) is 22.8. The fourth-order valence-electron chi connectivity index (χ4n) is 2.99. The molecule has 1 amide bonds. The summed E-state index contributed by atoms with van der Waals surface area (Å²) in [6.45, 7) is 3.67. The highest BCUT2D eigenvalue weighted by Crippen LogP contribution is 2.32. The Labute approximate surface area is 136 Å². The Balaban J connectivity index is 1.79. The Morgan fingerprint density at radius 2 is 2.00 bits per heavy atom. The van der Waals surface area contributed by atoms with E-state index >= 15 is 0 Å². The maximum Gasteiger partial charge on any atom is 0.416 e. The van der Waals surface area contributed by atoms with Crippen LogP contribution < -0.4 is 0 Å². The van der Waals surface area contributed by atoms with Gasteiger partial charge in [0, 0.05) is 36.8 Å². The van der Waals surface area contributed by atoms with Crippen molar-refractivity contribution in [3.05, 3.63) is 34.3 Å². The maximum atomic E-state index is 12.9. The van der Waals surface area contributed by atoms with Crippen LogP contribution in [0.2, 0.25) is 5.02 Å². The fourth-order valence-corrected chi connectivity index (χ4v) is 3.23. The zero-order valence-electron chi connectivity index (χ0n) is 12.3. The predicted molar refractivity (Wildman–Crippen MR) is 78.5 cm³/mol. The van der Waals surface area contributed by atoms with Gasteiger partial charge >= 0.3 is 6.18 Å². The number of nitrogens with zero attached hydrogens (tertiary/aromatic N) is 2. The molecular formula is C15H16ClF3N2O2. The molecule has 3 rings (SSSR count). The van der Waals surface area contributed by atoms with Gasteiger partial charge in [-0.1, -0.05) is 11.6 Å². The van der Waals surface area contributed by atoms with Crippen molar-refractivity contribution in [2.24, 2.45) is 0 Å². The number of morpholine rings is 1. The number of hydrogen-bond acceptors (Lipinski definition) is 3. The Kier molecular flexibility index (Phi) is 4.53. The van der Waals surface area contributed by atoms with Gasteiger partial charge in [-0.3, -0.25) is 9.69 Å². The largest absolute Gasteiger partial charge is 0.416 e. The van der Waals surface area contributed by atoms with Gasteiger partial charge in [0.25, 0.3) is 5.91 Å². The first-order valence-electron chi connectivity index (χ1n) is 7.33. The van der Waals surface area contributed by atoms with E-state index in [0.29, 0.717) is 32.8 Å². The molecule has 0 saturated carbocycles. The summed E-state index contributed by atoms with van der Waals surface area (Å²) in [6.07, 6.45) is -4.53. The summed E-state index contributed by atoms with van der Waals surface area (Å²) in [6, 6.07) is 3.06. The van der Waals surface area contributed by atoms with E-state index in [2.05, 4.69) is 4.90 Å². The number of benzene rings is 1. The number of ether oxygens (including phenoxy) is 1. The molecule has 0 unspecified atom stereocenters. The molecule has 1 aromatic carbocycles. The number of carbonyl (C=O) groups excluding carboxylic acids is 1. The van der Waals surface area contributed by atoms with Gasteiger partial charge in [0.05, 0.1) is 24.8 Å². The van der Waals surface area contributed by atoms with Crippen molar-refractivity contribution >= 4 is 17.5 Å². The number of piperazine rings is 1. The zero-order valence-corrected chi connectivity index (χ0v) is 13.0. The molecule has 1 atom stereocenters. The van der Waals surface area contributed by atoms with Gasteiger partial charge in [0.15, 0.2) is 0 Å². The predicted octanol–water partition coefficient (Wildman–Crippen LogP) is 2.52. The second kappa shape index (κ2) is 6.30. The SMILES string of the molecule is O=C(c1cc(Cl)cc(C(F)(F)F)c1)N1CCN2CCOC[C@@H]2C1. The number of rotatable bonds is 1. The molecule has 0 bridgehead atoms. The highest BCUT2D eigenvalue weighted by Gasteiger charge is 2.34. The smallest absolute Gasteiger partial charge is 0.378 e.